The van der Waals surface area contributed by atoms with Gasteiger partial charge in [-0.1, -0.05) is 29.8 Å². The van der Waals surface area contributed by atoms with Gasteiger partial charge in [0.15, 0.2) is 0 Å². The number of halogens is 1. The Morgan fingerprint density at radius 2 is 2.26 bits per heavy atom. The number of ether oxygens (including phenoxy) is 1. The van der Waals surface area contributed by atoms with E-state index in [1.54, 1.807) is 6.07 Å². The van der Waals surface area contributed by atoms with E-state index in [0.29, 0.717) is 16.6 Å². The van der Waals surface area contributed by atoms with E-state index in [9.17, 15) is 15.2 Å². The molecule has 1 aromatic carbocycles. The Balaban J connectivity index is 2.18. The molecule has 1 aromatic rings. The van der Waals surface area contributed by atoms with Gasteiger partial charge < -0.3 is 9.84 Å². The van der Waals surface area contributed by atoms with Crippen LogP contribution in [0, 0.1) is 15.5 Å². The van der Waals surface area contributed by atoms with Gasteiger partial charge in [-0.05, 0) is 12.5 Å². The normalized spacial score (nSPS) is 29.7. The summed E-state index contributed by atoms with van der Waals surface area (Å²) >= 11 is 3.23. The van der Waals surface area contributed by atoms with Crippen LogP contribution >= 0.6 is 15.9 Å². The Morgan fingerprint density at radius 3 is 2.79 bits per heavy atom. The first-order valence-corrected chi connectivity index (χ1v) is 6.96. The van der Waals surface area contributed by atoms with Crippen LogP contribution in [-0.2, 0) is 0 Å². The molecule has 0 radical (unpaired) electrons. The molecule has 0 aromatic heterocycles. The molecule has 3 atom stereocenters. The number of aliphatic hydroxyl groups is 1. The lowest BCUT2D eigenvalue weighted by Gasteiger charge is -2.50. The maximum Gasteiger partial charge on any atom is 0.274 e. The Morgan fingerprint density at radius 1 is 1.58 bits per heavy atom. The second-order valence-corrected chi connectivity index (χ2v) is 6.04. The monoisotopic (exact) mass is 329 g/mol. The fourth-order valence-corrected chi connectivity index (χ4v) is 2.79. The lowest BCUT2D eigenvalue weighted by molar-refractivity contribution is -0.385. The first-order valence-electron chi connectivity index (χ1n) is 6.16. The Kier molecular flexibility index (Phi) is 3.82. The van der Waals surface area contributed by atoms with E-state index >= 15 is 0 Å². The van der Waals surface area contributed by atoms with Gasteiger partial charge in [0.25, 0.3) is 5.69 Å². The molecule has 0 aliphatic heterocycles. The van der Waals surface area contributed by atoms with Crippen LogP contribution in [-0.4, -0.2) is 22.2 Å². The number of benzene rings is 1. The SMILES string of the molecule is CCC1(C)C(O)CC1Oc1cc(Br)cc([N+](=O)[O-])c1. The molecule has 0 bridgehead atoms. The number of nitro groups is 1. The summed E-state index contributed by atoms with van der Waals surface area (Å²) < 4.78 is 6.41. The van der Waals surface area contributed by atoms with Gasteiger partial charge in [-0.25, -0.2) is 0 Å². The highest BCUT2D eigenvalue weighted by Gasteiger charge is 2.51. The first-order chi connectivity index (χ1) is 8.86. The van der Waals surface area contributed by atoms with Crippen LogP contribution in [0.4, 0.5) is 5.69 Å². The number of nitrogens with zero attached hydrogens (tertiary/aromatic N) is 1. The zero-order chi connectivity index (χ0) is 14.2. The summed E-state index contributed by atoms with van der Waals surface area (Å²) in [5.41, 5.74) is -0.292. The first kappa shape index (κ1) is 14.3. The van der Waals surface area contributed by atoms with E-state index < -0.39 is 4.92 Å². The van der Waals surface area contributed by atoms with Crippen molar-refractivity contribution in [2.45, 2.75) is 38.9 Å². The summed E-state index contributed by atoms with van der Waals surface area (Å²) in [6, 6.07) is 4.54. The molecule has 104 valence electrons. The average Bonchev–Trinajstić information content (AvgIpc) is 2.36. The van der Waals surface area contributed by atoms with Crippen molar-refractivity contribution >= 4 is 21.6 Å². The third-order valence-corrected chi connectivity index (χ3v) is 4.50. The number of hydrogen-bond donors (Lipinski definition) is 1. The number of nitro benzene ring substituents is 1. The van der Waals surface area contributed by atoms with Crippen molar-refractivity contribution in [2.24, 2.45) is 5.41 Å². The van der Waals surface area contributed by atoms with Gasteiger partial charge in [0.05, 0.1) is 17.1 Å². The molecule has 19 heavy (non-hydrogen) atoms. The summed E-state index contributed by atoms with van der Waals surface area (Å²) in [5.74, 6) is 0.456. The second kappa shape index (κ2) is 5.09. The summed E-state index contributed by atoms with van der Waals surface area (Å²) in [6.45, 7) is 3.97. The maximum absolute atomic E-state index is 10.8. The molecular weight excluding hydrogens is 314 g/mol. The Labute approximate surface area is 119 Å². The van der Waals surface area contributed by atoms with E-state index in [1.807, 2.05) is 13.8 Å². The molecule has 2 rings (SSSR count). The van der Waals surface area contributed by atoms with E-state index in [-0.39, 0.29) is 23.3 Å². The molecule has 0 spiro atoms. The van der Waals surface area contributed by atoms with Crippen molar-refractivity contribution < 1.29 is 14.8 Å². The van der Waals surface area contributed by atoms with Gasteiger partial charge in [-0.15, -0.1) is 0 Å². The van der Waals surface area contributed by atoms with Crippen LogP contribution in [0.2, 0.25) is 0 Å². The molecule has 0 amide bonds. The lowest BCUT2D eigenvalue weighted by atomic mass is 9.63. The molecule has 5 nitrogen and oxygen atoms in total. The predicted octanol–water partition coefficient (Wildman–Crippen LogP) is 3.29. The number of rotatable bonds is 4. The van der Waals surface area contributed by atoms with Gasteiger partial charge in [0.2, 0.25) is 0 Å². The van der Waals surface area contributed by atoms with Gasteiger partial charge in [-0.3, -0.25) is 10.1 Å². The van der Waals surface area contributed by atoms with Crippen LogP contribution in [0.3, 0.4) is 0 Å². The molecule has 1 N–H and O–H groups in total. The highest BCUT2D eigenvalue weighted by atomic mass is 79.9. The molecule has 3 unspecified atom stereocenters. The van der Waals surface area contributed by atoms with Gasteiger partial charge in [0, 0.05) is 22.4 Å². The largest absolute Gasteiger partial charge is 0.489 e. The van der Waals surface area contributed by atoms with Crippen molar-refractivity contribution in [3.05, 3.63) is 32.8 Å². The molecule has 6 heteroatoms. The minimum Gasteiger partial charge on any atom is -0.489 e. The number of hydrogen-bond acceptors (Lipinski definition) is 4. The van der Waals surface area contributed by atoms with Crippen LogP contribution in [0.25, 0.3) is 0 Å². The molecular formula is C13H16BrNO4. The number of aliphatic hydroxyl groups excluding tert-OH is 1. The van der Waals surface area contributed by atoms with Gasteiger partial charge >= 0.3 is 0 Å². The van der Waals surface area contributed by atoms with Crippen LogP contribution in [0.5, 0.6) is 5.75 Å². The summed E-state index contributed by atoms with van der Waals surface area (Å²) in [6.07, 6.45) is 0.880. The van der Waals surface area contributed by atoms with Crippen molar-refractivity contribution in [3.63, 3.8) is 0 Å². The van der Waals surface area contributed by atoms with Crippen LogP contribution < -0.4 is 4.74 Å². The minimum absolute atomic E-state index is 0.0116. The molecule has 1 aliphatic carbocycles. The zero-order valence-corrected chi connectivity index (χ0v) is 12.4. The van der Waals surface area contributed by atoms with E-state index in [0.717, 1.165) is 6.42 Å². The molecule has 1 aliphatic rings. The van der Waals surface area contributed by atoms with Crippen LogP contribution in [0.15, 0.2) is 22.7 Å². The third-order valence-electron chi connectivity index (χ3n) is 4.04. The van der Waals surface area contributed by atoms with Crippen molar-refractivity contribution in [1.82, 2.24) is 0 Å². The van der Waals surface area contributed by atoms with E-state index in [2.05, 4.69) is 15.9 Å². The number of non-ortho nitro benzene ring substituents is 1. The highest BCUT2D eigenvalue weighted by molar-refractivity contribution is 9.10. The predicted molar refractivity (Wildman–Crippen MR) is 74.2 cm³/mol. The van der Waals surface area contributed by atoms with Crippen molar-refractivity contribution in [1.29, 1.82) is 0 Å². The summed E-state index contributed by atoms with van der Waals surface area (Å²) in [7, 11) is 0. The summed E-state index contributed by atoms with van der Waals surface area (Å²) in [4.78, 5) is 10.3. The molecule has 1 fully saturated rings. The Bertz CT molecular complexity index is 507. The maximum atomic E-state index is 10.8. The van der Waals surface area contributed by atoms with Crippen molar-refractivity contribution in [3.8, 4) is 5.75 Å². The molecule has 0 saturated heterocycles. The minimum atomic E-state index is -0.452. The lowest BCUT2D eigenvalue weighted by Crippen LogP contribution is -2.57. The fraction of sp³-hybridized carbons (Fsp3) is 0.538. The standard InChI is InChI=1S/C13H16BrNO4/c1-3-13(2)11(16)7-12(13)19-10-5-8(14)4-9(6-10)15(17)18/h4-6,11-12,16H,3,7H2,1-2H3. The fourth-order valence-electron chi connectivity index (χ4n) is 2.33. The highest BCUT2D eigenvalue weighted by Crippen LogP contribution is 2.46. The Hall–Kier alpha value is -1.14. The van der Waals surface area contributed by atoms with Crippen LogP contribution in [0.1, 0.15) is 26.7 Å². The zero-order valence-electron chi connectivity index (χ0n) is 10.8. The molecule has 0 heterocycles. The quantitative estimate of drug-likeness (QED) is 0.679. The topological polar surface area (TPSA) is 72.6 Å². The smallest absolute Gasteiger partial charge is 0.274 e. The summed E-state index contributed by atoms with van der Waals surface area (Å²) in [5, 5.41) is 20.6. The van der Waals surface area contributed by atoms with Gasteiger partial charge in [0.1, 0.15) is 11.9 Å². The van der Waals surface area contributed by atoms with Gasteiger partial charge in [-0.2, -0.15) is 0 Å². The van der Waals surface area contributed by atoms with E-state index in [4.69, 9.17) is 4.74 Å². The van der Waals surface area contributed by atoms with Crippen molar-refractivity contribution in [2.75, 3.05) is 0 Å². The second-order valence-electron chi connectivity index (χ2n) is 5.12. The average molecular weight is 330 g/mol. The van der Waals surface area contributed by atoms with E-state index in [1.165, 1.54) is 12.1 Å². The molecule has 1 saturated carbocycles. The third kappa shape index (κ3) is 2.60.